The SMILES string of the molecule is CCc1ccc(N2C(=O)C3CC=C4C(CC5(Cl)C(=O)N(c6c(F)c(F)c(F)c(F)c6F)C(=O)C5(Cl)C4c4c(O)cccc4OC)C3C2=O)cc1. The topological polar surface area (TPSA) is 104 Å². The second kappa shape index (κ2) is 11.5. The van der Waals surface area contributed by atoms with E-state index in [2.05, 4.69) is 0 Å². The first-order chi connectivity index (χ1) is 23.6. The Morgan fingerprint density at radius 1 is 0.840 bits per heavy atom. The number of phenolic OH excluding ortho intramolecular Hbond substituents is 1. The number of phenols is 1. The summed E-state index contributed by atoms with van der Waals surface area (Å²) < 4.78 is 78.9. The molecular formula is C35H25Cl2F5N2O6. The molecule has 2 saturated heterocycles. The molecule has 2 aliphatic heterocycles. The quantitative estimate of drug-likeness (QED) is 0.0810. The van der Waals surface area contributed by atoms with Crippen molar-refractivity contribution in [2.45, 2.75) is 41.9 Å². The number of allylic oxidation sites excluding steroid dienone is 2. The fourth-order valence-electron chi connectivity index (χ4n) is 8.02. The van der Waals surface area contributed by atoms with E-state index in [1.165, 1.54) is 31.4 Å². The molecule has 2 aliphatic carbocycles. The zero-order valence-corrected chi connectivity index (χ0v) is 27.6. The zero-order valence-electron chi connectivity index (χ0n) is 26.1. The molecule has 50 heavy (non-hydrogen) atoms. The van der Waals surface area contributed by atoms with Crippen molar-refractivity contribution < 1.29 is 51.0 Å². The first-order valence-electron chi connectivity index (χ1n) is 15.5. The second-order valence-electron chi connectivity index (χ2n) is 12.6. The van der Waals surface area contributed by atoms with Crippen molar-refractivity contribution >= 4 is 58.2 Å². The number of methoxy groups -OCH3 is 1. The van der Waals surface area contributed by atoms with Gasteiger partial charge in [0.1, 0.15) is 17.2 Å². The summed E-state index contributed by atoms with van der Waals surface area (Å²) in [5.41, 5.74) is -0.667. The van der Waals surface area contributed by atoms with Crippen LogP contribution in [0.3, 0.4) is 0 Å². The summed E-state index contributed by atoms with van der Waals surface area (Å²) in [6, 6.07) is 10.7. The van der Waals surface area contributed by atoms with Crippen molar-refractivity contribution in [1.82, 2.24) is 0 Å². The average Bonchev–Trinajstić information content (AvgIpc) is 3.44. The lowest BCUT2D eigenvalue weighted by molar-refractivity contribution is -0.125. The van der Waals surface area contributed by atoms with Crippen molar-refractivity contribution in [2.75, 3.05) is 16.9 Å². The van der Waals surface area contributed by atoms with Gasteiger partial charge in [0.15, 0.2) is 33.0 Å². The number of halogens is 7. The molecule has 4 aliphatic rings. The third-order valence-electron chi connectivity index (χ3n) is 10.4. The van der Waals surface area contributed by atoms with E-state index >= 15 is 8.78 Å². The van der Waals surface area contributed by atoms with E-state index in [-0.39, 0.29) is 28.2 Å². The van der Waals surface area contributed by atoms with E-state index in [1.807, 2.05) is 6.92 Å². The van der Waals surface area contributed by atoms with Crippen molar-refractivity contribution in [3.8, 4) is 11.5 Å². The van der Waals surface area contributed by atoms with Crippen LogP contribution in [0.25, 0.3) is 0 Å². The lowest BCUT2D eigenvalue weighted by Crippen LogP contribution is -2.60. The number of ether oxygens (including phenoxy) is 1. The maximum Gasteiger partial charge on any atom is 0.258 e. The second-order valence-corrected chi connectivity index (χ2v) is 13.9. The molecular weight excluding hydrogens is 710 g/mol. The van der Waals surface area contributed by atoms with Crippen LogP contribution < -0.4 is 14.5 Å². The molecule has 15 heteroatoms. The number of aryl methyl sites for hydroxylation is 1. The number of carbonyl (C=O) groups excluding carboxylic acids is 4. The van der Waals surface area contributed by atoms with Crippen LogP contribution in [0, 0.1) is 46.8 Å². The van der Waals surface area contributed by atoms with Crippen molar-refractivity contribution in [3.05, 3.63) is 94.3 Å². The van der Waals surface area contributed by atoms with Crippen molar-refractivity contribution in [1.29, 1.82) is 0 Å². The Labute approximate surface area is 291 Å². The van der Waals surface area contributed by atoms with Crippen LogP contribution in [0.2, 0.25) is 0 Å². The number of aromatic hydroxyl groups is 1. The Morgan fingerprint density at radius 2 is 1.46 bits per heavy atom. The molecule has 1 N–H and O–H groups in total. The maximum atomic E-state index is 15.2. The van der Waals surface area contributed by atoms with Gasteiger partial charge in [-0.25, -0.2) is 26.9 Å². The zero-order chi connectivity index (χ0) is 36.2. The van der Waals surface area contributed by atoms with Gasteiger partial charge in [0.05, 0.1) is 24.6 Å². The monoisotopic (exact) mass is 734 g/mol. The predicted molar refractivity (Wildman–Crippen MR) is 169 cm³/mol. The van der Waals surface area contributed by atoms with Gasteiger partial charge in [-0.3, -0.25) is 24.1 Å². The number of rotatable bonds is 5. The third-order valence-corrected chi connectivity index (χ3v) is 11.8. The molecule has 0 radical (unpaired) electrons. The first kappa shape index (κ1) is 34.0. The molecule has 6 unspecified atom stereocenters. The van der Waals surface area contributed by atoms with E-state index in [0.717, 1.165) is 10.5 Å². The number of carbonyl (C=O) groups is 4. The molecule has 3 aromatic rings. The van der Waals surface area contributed by atoms with Gasteiger partial charge < -0.3 is 9.84 Å². The number of benzene rings is 3. The number of alkyl halides is 2. The van der Waals surface area contributed by atoms with Gasteiger partial charge in [0.2, 0.25) is 17.6 Å². The highest BCUT2D eigenvalue weighted by Crippen LogP contribution is 2.67. The summed E-state index contributed by atoms with van der Waals surface area (Å²) in [6.07, 6.45) is 1.52. The van der Waals surface area contributed by atoms with Crippen LogP contribution in [0.4, 0.5) is 33.3 Å². The minimum Gasteiger partial charge on any atom is -0.508 e. The van der Waals surface area contributed by atoms with E-state index in [0.29, 0.717) is 12.1 Å². The molecule has 2 heterocycles. The van der Waals surface area contributed by atoms with Gasteiger partial charge in [0, 0.05) is 11.5 Å². The Bertz CT molecular complexity index is 2050. The Kier molecular flexibility index (Phi) is 7.83. The lowest BCUT2D eigenvalue weighted by Gasteiger charge is -2.50. The third kappa shape index (κ3) is 4.22. The first-order valence-corrected chi connectivity index (χ1v) is 16.2. The van der Waals surface area contributed by atoms with Crippen LogP contribution in [-0.2, 0) is 25.6 Å². The smallest absolute Gasteiger partial charge is 0.258 e. The highest BCUT2D eigenvalue weighted by atomic mass is 35.5. The van der Waals surface area contributed by atoms with Gasteiger partial charge in [-0.1, -0.05) is 36.8 Å². The Balaban J connectivity index is 1.44. The van der Waals surface area contributed by atoms with Gasteiger partial charge in [-0.05, 0) is 55.0 Å². The van der Waals surface area contributed by atoms with E-state index in [4.69, 9.17) is 27.9 Å². The molecule has 0 aromatic heterocycles. The Hall–Kier alpha value is -4.49. The van der Waals surface area contributed by atoms with E-state index in [1.54, 1.807) is 24.3 Å². The molecule has 8 nitrogen and oxygen atoms in total. The summed E-state index contributed by atoms with van der Waals surface area (Å²) >= 11 is 14.3. The lowest BCUT2D eigenvalue weighted by atomic mass is 9.56. The molecule has 4 amide bonds. The van der Waals surface area contributed by atoms with Crippen molar-refractivity contribution in [2.24, 2.45) is 17.8 Å². The minimum atomic E-state index is -2.80. The largest absolute Gasteiger partial charge is 0.508 e. The number of hydrogen-bond acceptors (Lipinski definition) is 6. The molecule has 3 aromatic carbocycles. The predicted octanol–water partition coefficient (Wildman–Crippen LogP) is 6.43. The number of imide groups is 2. The molecule has 3 fully saturated rings. The van der Waals surface area contributed by atoms with Crippen LogP contribution in [-0.4, -0.2) is 45.6 Å². The standard InChI is InChI=1S/C35H25Cl2F5N2O6/c1-3-14-7-9-15(10-8-14)43-30(46)17-12-11-16-18(21(17)31(43)47)13-34(36)32(48)44(29-27(41)25(39)24(38)26(40)28(29)42)33(49)35(34,37)23(16)22-19(45)5-4-6-20(22)50-2/h4-11,17-18,21,23,45H,3,12-13H2,1-2H3. The fourth-order valence-corrected chi connectivity index (χ4v) is 8.94. The van der Waals surface area contributed by atoms with Gasteiger partial charge in [0.25, 0.3) is 11.8 Å². The normalized spacial score (nSPS) is 28.9. The summed E-state index contributed by atoms with van der Waals surface area (Å²) in [7, 11) is 1.22. The number of hydrogen-bond donors (Lipinski definition) is 1. The van der Waals surface area contributed by atoms with Crippen LogP contribution in [0.5, 0.6) is 11.5 Å². The highest BCUT2D eigenvalue weighted by molar-refractivity contribution is 6.58. The average molecular weight is 735 g/mol. The van der Waals surface area contributed by atoms with Gasteiger partial charge >= 0.3 is 0 Å². The van der Waals surface area contributed by atoms with Crippen LogP contribution >= 0.6 is 23.2 Å². The summed E-state index contributed by atoms with van der Waals surface area (Å²) in [6.45, 7) is 1.93. The molecule has 0 spiro atoms. The summed E-state index contributed by atoms with van der Waals surface area (Å²) in [5, 5.41) is 11.2. The van der Waals surface area contributed by atoms with Gasteiger partial charge in [-0.2, -0.15) is 0 Å². The summed E-state index contributed by atoms with van der Waals surface area (Å²) in [4.78, 5) is 52.0. The number of amides is 4. The Morgan fingerprint density at radius 3 is 2.06 bits per heavy atom. The maximum absolute atomic E-state index is 15.2. The molecule has 260 valence electrons. The van der Waals surface area contributed by atoms with E-state index in [9.17, 15) is 37.5 Å². The number of fused-ring (bicyclic) bond motifs is 4. The number of anilines is 2. The van der Waals surface area contributed by atoms with Crippen molar-refractivity contribution in [3.63, 3.8) is 0 Å². The molecule has 6 atom stereocenters. The van der Waals surface area contributed by atoms with Gasteiger partial charge in [-0.15, -0.1) is 23.2 Å². The minimum absolute atomic E-state index is 0.0528. The van der Waals surface area contributed by atoms with Crippen LogP contribution in [0.1, 0.15) is 36.8 Å². The summed E-state index contributed by atoms with van der Waals surface area (Å²) in [5.74, 6) is -22.4. The van der Waals surface area contributed by atoms with Crippen LogP contribution in [0.15, 0.2) is 54.1 Å². The molecule has 0 bridgehead atoms. The highest BCUT2D eigenvalue weighted by Gasteiger charge is 2.77. The van der Waals surface area contributed by atoms with E-state index < -0.39 is 104 Å². The number of nitrogens with zero attached hydrogens (tertiary/aromatic N) is 2. The molecule has 7 rings (SSSR count). The molecule has 1 saturated carbocycles. The fraction of sp³-hybridized carbons (Fsp3) is 0.314.